The standard InChI is InChI=1S/2C10H15P.2BrH.Pd/c2*1-3-11(4-2)10-8-6-5-7-9-10;;;/h2*5-9H,3-4H2,1-2H3;2*1H;/q;;;;+2/p-2. The zero-order valence-corrected chi connectivity index (χ0v) is 22.1. The molecular formula is C20H30Br2P2Pd. The van der Waals surface area contributed by atoms with E-state index in [1.165, 1.54) is 24.6 Å². The quantitative estimate of drug-likeness (QED) is 0.241. The SMILES string of the molecule is CCP(CC)c1ccccc1.CCP(CC)c1ccccc1.[Br][Pd][Br]. The van der Waals surface area contributed by atoms with E-state index in [1.807, 2.05) is 0 Å². The average molecular weight is 599 g/mol. The molecular weight excluding hydrogens is 568 g/mol. The Labute approximate surface area is 179 Å². The maximum absolute atomic E-state index is 3.11. The number of halogens is 2. The molecule has 0 radical (unpaired) electrons. The Hall–Kier alpha value is 0.922. The van der Waals surface area contributed by atoms with E-state index in [0.29, 0.717) is 13.9 Å². The zero-order valence-electron chi connectivity index (χ0n) is 15.6. The van der Waals surface area contributed by atoms with Crippen LogP contribution >= 0.6 is 42.7 Å². The van der Waals surface area contributed by atoms with Crippen LogP contribution in [0.25, 0.3) is 0 Å². The van der Waals surface area contributed by atoms with Gasteiger partial charge in [0.2, 0.25) is 0 Å². The fraction of sp³-hybridized carbons (Fsp3) is 0.400. The van der Waals surface area contributed by atoms with Crippen molar-refractivity contribution in [1.29, 1.82) is 0 Å². The maximum atomic E-state index is 3.11. The van der Waals surface area contributed by atoms with Crippen LogP contribution in [0, 0.1) is 0 Å². The van der Waals surface area contributed by atoms with Crippen molar-refractivity contribution in [2.24, 2.45) is 0 Å². The van der Waals surface area contributed by atoms with E-state index in [2.05, 4.69) is 115 Å². The van der Waals surface area contributed by atoms with E-state index in [9.17, 15) is 0 Å². The van der Waals surface area contributed by atoms with Gasteiger partial charge >= 0.3 is 40.8 Å². The van der Waals surface area contributed by atoms with Crippen LogP contribution in [0.2, 0.25) is 0 Å². The van der Waals surface area contributed by atoms with Gasteiger partial charge in [0.15, 0.2) is 0 Å². The molecule has 0 fully saturated rings. The summed E-state index contributed by atoms with van der Waals surface area (Å²) in [7, 11) is 0.297. The van der Waals surface area contributed by atoms with Gasteiger partial charge in [0.05, 0.1) is 0 Å². The predicted octanol–water partition coefficient (Wildman–Crippen LogP) is 7.36. The molecule has 2 rings (SSSR count). The molecule has 144 valence electrons. The normalized spacial score (nSPS) is 10.1. The van der Waals surface area contributed by atoms with Gasteiger partial charge in [0.1, 0.15) is 0 Å². The predicted molar refractivity (Wildman–Crippen MR) is 126 cm³/mol. The Morgan fingerprint density at radius 2 is 0.840 bits per heavy atom. The summed E-state index contributed by atoms with van der Waals surface area (Å²) in [5.74, 6) is 0. The second-order valence-electron chi connectivity index (χ2n) is 5.06. The Bertz CT molecular complexity index is 456. The molecule has 5 heteroatoms. The molecule has 0 aromatic heterocycles. The third kappa shape index (κ3) is 12.1. The Morgan fingerprint density at radius 3 is 1.04 bits per heavy atom. The molecule has 0 bridgehead atoms. The Morgan fingerprint density at radius 1 is 0.600 bits per heavy atom. The summed E-state index contributed by atoms with van der Waals surface area (Å²) in [6, 6.07) is 21.7. The molecule has 2 aromatic rings. The van der Waals surface area contributed by atoms with E-state index >= 15 is 0 Å². The van der Waals surface area contributed by atoms with E-state index in [1.54, 1.807) is 10.6 Å². The summed E-state index contributed by atoms with van der Waals surface area (Å²) in [6.07, 6.45) is 5.26. The van der Waals surface area contributed by atoms with Crippen LogP contribution in [0.15, 0.2) is 60.7 Å². The van der Waals surface area contributed by atoms with Gasteiger partial charge in [-0.05, 0) is 35.3 Å². The van der Waals surface area contributed by atoms with E-state index in [0.717, 1.165) is 0 Å². The van der Waals surface area contributed by atoms with Crippen molar-refractivity contribution in [1.82, 2.24) is 0 Å². The molecule has 0 aliphatic rings. The average Bonchev–Trinajstić information content (AvgIpc) is 2.67. The van der Waals surface area contributed by atoms with Crippen LogP contribution in [0.3, 0.4) is 0 Å². The summed E-state index contributed by atoms with van der Waals surface area (Å²) in [4.78, 5) is 0. The first kappa shape index (κ1) is 25.9. The fourth-order valence-electron chi connectivity index (χ4n) is 2.46. The molecule has 0 saturated carbocycles. The van der Waals surface area contributed by atoms with Crippen molar-refractivity contribution in [3.05, 3.63) is 60.7 Å². The topological polar surface area (TPSA) is 0 Å². The van der Waals surface area contributed by atoms with Gasteiger partial charge in [-0.2, -0.15) is 0 Å². The van der Waals surface area contributed by atoms with Gasteiger partial charge in [0, 0.05) is 0 Å². The van der Waals surface area contributed by atoms with E-state index in [-0.39, 0.29) is 15.8 Å². The van der Waals surface area contributed by atoms with Crippen LogP contribution < -0.4 is 10.6 Å². The second-order valence-corrected chi connectivity index (χ2v) is 18.0. The molecule has 2 aromatic carbocycles. The van der Waals surface area contributed by atoms with Crippen molar-refractivity contribution in [3.8, 4) is 0 Å². The summed E-state index contributed by atoms with van der Waals surface area (Å²) < 4.78 is 0. The third-order valence-electron chi connectivity index (χ3n) is 3.77. The Kier molecular flexibility index (Phi) is 19.0. The second kappa shape index (κ2) is 18.3. The number of rotatable bonds is 6. The van der Waals surface area contributed by atoms with E-state index in [4.69, 9.17) is 0 Å². The van der Waals surface area contributed by atoms with Gasteiger partial charge in [-0.1, -0.05) is 104 Å². The fourth-order valence-corrected chi connectivity index (χ4v) is 6.00. The van der Waals surface area contributed by atoms with Crippen LogP contribution in [-0.4, -0.2) is 24.6 Å². The summed E-state index contributed by atoms with van der Waals surface area (Å²) in [5.41, 5.74) is 0. The number of benzene rings is 2. The van der Waals surface area contributed by atoms with Crippen LogP contribution in [-0.2, 0) is 13.9 Å². The molecule has 0 saturated heterocycles. The molecule has 0 aliphatic heterocycles. The molecule has 0 amide bonds. The van der Waals surface area contributed by atoms with Crippen LogP contribution in [0.5, 0.6) is 0 Å². The monoisotopic (exact) mass is 596 g/mol. The first-order valence-electron chi connectivity index (χ1n) is 8.60. The van der Waals surface area contributed by atoms with Crippen molar-refractivity contribution in [2.75, 3.05) is 24.6 Å². The Balaban J connectivity index is 0.000000399. The van der Waals surface area contributed by atoms with Gasteiger partial charge in [-0.15, -0.1) is 0 Å². The molecule has 0 atom stereocenters. The van der Waals surface area contributed by atoms with Crippen molar-refractivity contribution in [2.45, 2.75) is 27.7 Å². The minimum atomic E-state index is 0.149. The van der Waals surface area contributed by atoms with Crippen LogP contribution in [0.4, 0.5) is 0 Å². The molecule has 0 N–H and O–H groups in total. The molecule has 0 spiro atoms. The van der Waals surface area contributed by atoms with Gasteiger partial charge in [-0.3, -0.25) is 0 Å². The van der Waals surface area contributed by atoms with Crippen molar-refractivity contribution >= 4 is 53.3 Å². The van der Waals surface area contributed by atoms with Crippen LogP contribution in [0.1, 0.15) is 27.7 Å². The number of hydrogen-bond acceptors (Lipinski definition) is 0. The summed E-state index contributed by atoms with van der Waals surface area (Å²) >= 11 is 6.80. The minimum absolute atomic E-state index is 0.149. The molecule has 0 unspecified atom stereocenters. The van der Waals surface area contributed by atoms with Crippen molar-refractivity contribution < 1.29 is 13.9 Å². The first-order chi connectivity index (χ1) is 12.2. The molecule has 25 heavy (non-hydrogen) atoms. The van der Waals surface area contributed by atoms with E-state index < -0.39 is 0 Å². The molecule has 0 heterocycles. The van der Waals surface area contributed by atoms with Gasteiger partial charge in [-0.25, -0.2) is 0 Å². The summed E-state index contributed by atoms with van der Waals surface area (Å²) in [5, 5.41) is 3.10. The number of hydrogen-bond donors (Lipinski definition) is 0. The molecule has 0 aliphatic carbocycles. The zero-order chi connectivity index (χ0) is 18.9. The molecule has 0 nitrogen and oxygen atoms in total. The van der Waals surface area contributed by atoms with Crippen molar-refractivity contribution in [3.63, 3.8) is 0 Å². The first-order valence-corrected chi connectivity index (χ1v) is 19.1. The van der Waals surface area contributed by atoms with Gasteiger partial charge < -0.3 is 0 Å². The summed E-state index contributed by atoms with van der Waals surface area (Å²) in [6.45, 7) is 9.12. The third-order valence-corrected chi connectivity index (χ3v) is 8.88. The van der Waals surface area contributed by atoms with Gasteiger partial charge in [0.25, 0.3) is 0 Å².